The van der Waals surface area contributed by atoms with Crippen LogP contribution >= 0.6 is 0 Å². The number of carbonyl (C=O) groups is 2. The summed E-state index contributed by atoms with van der Waals surface area (Å²) < 4.78 is 1.15. The van der Waals surface area contributed by atoms with Gasteiger partial charge in [0, 0.05) is 12.6 Å². The maximum atomic E-state index is 12.7. The molecule has 1 heterocycles. The molecule has 0 atom stereocenters. The van der Waals surface area contributed by atoms with Crippen molar-refractivity contribution in [1.29, 1.82) is 0 Å². The summed E-state index contributed by atoms with van der Waals surface area (Å²) in [6.07, 6.45) is 1.57. The van der Waals surface area contributed by atoms with E-state index < -0.39 is 5.91 Å². The van der Waals surface area contributed by atoms with Crippen LogP contribution in [0.1, 0.15) is 20.8 Å². The van der Waals surface area contributed by atoms with Gasteiger partial charge in [-0.2, -0.15) is 9.78 Å². The minimum absolute atomic E-state index is 0.0461. The summed E-state index contributed by atoms with van der Waals surface area (Å²) in [7, 11) is 0. The fourth-order valence-corrected chi connectivity index (χ4v) is 2.52. The highest BCUT2D eigenvalue weighted by molar-refractivity contribution is 6.08. The van der Waals surface area contributed by atoms with Crippen molar-refractivity contribution >= 4 is 17.5 Å². The number of carbonyl (C=O) groups excluding carboxylic acids is 2. The topological polar surface area (TPSA) is 93.1 Å². The van der Waals surface area contributed by atoms with Crippen LogP contribution in [0.5, 0.6) is 0 Å². The van der Waals surface area contributed by atoms with Crippen molar-refractivity contribution in [3.8, 4) is 5.69 Å². The predicted octanol–water partition coefficient (Wildman–Crippen LogP) is 2.40. The van der Waals surface area contributed by atoms with E-state index in [9.17, 15) is 14.4 Å². The first-order valence-corrected chi connectivity index (χ1v) is 8.55. The largest absolute Gasteiger partial charge is 0.349 e. The zero-order chi connectivity index (χ0) is 19.9. The highest BCUT2D eigenvalue weighted by Crippen LogP contribution is 2.16. The second-order valence-corrected chi connectivity index (χ2v) is 5.80. The molecule has 0 fully saturated rings. The third-order valence-corrected chi connectivity index (χ3v) is 3.86. The van der Waals surface area contributed by atoms with E-state index in [4.69, 9.17) is 0 Å². The molecule has 2 N–H and O–H groups in total. The summed E-state index contributed by atoms with van der Waals surface area (Å²) in [4.78, 5) is 37.0. The van der Waals surface area contributed by atoms with Gasteiger partial charge in [-0.25, -0.2) is 0 Å². The Kier molecular flexibility index (Phi) is 5.76. The van der Waals surface area contributed by atoms with Gasteiger partial charge in [0.05, 0.1) is 16.9 Å². The molecule has 0 aliphatic heterocycles. The van der Waals surface area contributed by atoms with Crippen molar-refractivity contribution < 1.29 is 9.59 Å². The van der Waals surface area contributed by atoms with Crippen molar-refractivity contribution in [3.63, 3.8) is 0 Å². The lowest BCUT2D eigenvalue weighted by atomic mass is 10.1. The van der Waals surface area contributed by atoms with E-state index in [1.165, 1.54) is 12.1 Å². The molecule has 0 unspecified atom stereocenters. The molecule has 3 rings (SSSR count). The molecule has 0 aliphatic carbocycles. The Bertz CT molecular complexity index is 1070. The number of hydrogen-bond acceptors (Lipinski definition) is 4. The van der Waals surface area contributed by atoms with E-state index in [0.717, 1.165) is 4.68 Å². The molecule has 7 nitrogen and oxygen atoms in total. The van der Waals surface area contributed by atoms with Gasteiger partial charge in [-0.1, -0.05) is 36.4 Å². The van der Waals surface area contributed by atoms with Gasteiger partial charge in [-0.3, -0.25) is 14.4 Å². The van der Waals surface area contributed by atoms with Gasteiger partial charge in [-0.05, 0) is 30.3 Å². The fourth-order valence-electron chi connectivity index (χ4n) is 2.52. The zero-order valence-corrected chi connectivity index (χ0v) is 15.0. The first kappa shape index (κ1) is 18.8. The Balaban J connectivity index is 1.88. The third-order valence-electron chi connectivity index (χ3n) is 3.86. The smallest absolute Gasteiger partial charge is 0.276 e. The summed E-state index contributed by atoms with van der Waals surface area (Å²) in [5.74, 6) is -0.869. The van der Waals surface area contributed by atoms with Crippen molar-refractivity contribution in [3.05, 3.63) is 101 Å². The number of para-hydroxylation sites is 2. The van der Waals surface area contributed by atoms with E-state index in [1.807, 2.05) is 6.07 Å². The molecular formula is C21H18N4O3. The Morgan fingerprint density at radius 3 is 2.43 bits per heavy atom. The second-order valence-electron chi connectivity index (χ2n) is 5.80. The lowest BCUT2D eigenvalue weighted by molar-refractivity contribution is 0.0959. The SMILES string of the molecule is C=CCNC(=O)c1ccccc1NC(=O)c1ccc(=O)n(-c2ccccc2)n1. The minimum atomic E-state index is -0.534. The quantitative estimate of drug-likeness (QED) is 0.648. The van der Waals surface area contributed by atoms with Crippen LogP contribution in [-0.4, -0.2) is 28.1 Å². The summed E-state index contributed by atoms with van der Waals surface area (Å²) in [5.41, 5.74) is 0.894. The molecular weight excluding hydrogens is 356 g/mol. The maximum absolute atomic E-state index is 12.7. The Morgan fingerprint density at radius 1 is 0.964 bits per heavy atom. The summed E-state index contributed by atoms with van der Waals surface area (Å²) in [6.45, 7) is 3.87. The summed E-state index contributed by atoms with van der Waals surface area (Å²) in [5, 5.41) is 9.49. The van der Waals surface area contributed by atoms with E-state index in [-0.39, 0.29) is 17.2 Å². The number of amides is 2. The summed E-state index contributed by atoms with van der Waals surface area (Å²) >= 11 is 0. The molecule has 2 aromatic carbocycles. The van der Waals surface area contributed by atoms with Gasteiger partial charge in [0.1, 0.15) is 5.69 Å². The standard InChI is InChI=1S/C21H18N4O3/c1-2-14-22-20(27)16-10-6-7-11-17(16)23-21(28)18-12-13-19(26)25(24-18)15-8-4-3-5-9-15/h2-13H,1,14H2,(H,22,27)(H,23,28). The Morgan fingerprint density at radius 2 is 1.68 bits per heavy atom. The molecule has 0 saturated heterocycles. The zero-order valence-electron chi connectivity index (χ0n) is 15.0. The number of hydrogen-bond donors (Lipinski definition) is 2. The molecule has 7 heteroatoms. The van der Waals surface area contributed by atoms with Crippen LogP contribution in [0, 0.1) is 0 Å². The Labute approximate surface area is 161 Å². The van der Waals surface area contributed by atoms with Gasteiger partial charge >= 0.3 is 0 Å². The van der Waals surface area contributed by atoms with E-state index >= 15 is 0 Å². The fraction of sp³-hybridized carbons (Fsp3) is 0.0476. The van der Waals surface area contributed by atoms with Crippen LogP contribution < -0.4 is 16.2 Å². The molecule has 2 amide bonds. The molecule has 0 aliphatic rings. The van der Waals surface area contributed by atoms with Crippen LogP contribution in [-0.2, 0) is 0 Å². The number of nitrogens with zero attached hydrogens (tertiary/aromatic N) is 2. The van der Waals surface area contributed by atoms with Crippen LogP contribution in [0.4, 0.5) is 5.69 Å². The average molecular weight is 374 g/mol. The number of aromatic nitrogens is 2. The molecule has 0 radical (unpaired) electrons. The minimum Gasteiger partial charge on any atom is -0.349 e. The van der Waals surface area contributed by atoms with Gasteiger partial charge in [0.25, 0.3) is 17.4 Å². The lowest BCUT2D eigenvalue weighted by Crippen LogP contribution is -2.27. The summed E-state index contributed by atoms with van der Waals surface area (Å²) in [6, 6.07) is 18.0. The third kappa shape index (κ3) is 4.21. The molecule has 140 valence electrons. The first-order valence-electron chi connectivity index (χ1n) is 8.55. The van der Waals surface area contributed by atoms with Crippen LogP contribution in [0.2, 0.25) is 0 Å². The van der Waals surface area contributed by atoms with E-state index in [1.54, 1.807) is 54.6 Å². The molecule has 0 bridgehead atoms. The second kappa shape index (κ2) is 8.59. The molecule has 3 aromatic rings. The normalized spacial score (nSPS) is 10.1. The van der Waals surface area contributed by atoms with Crippen molar-refractivity contribution in [2.24, 2.45) is 0 Å². The van der Waals surface area contributed by atoms with Crippen LogP contribution in [0.3, 0.4) is 0 Å². The number of nitrogens with one attached hydrogen (secondary N) is 2. The molecule has 1 aromatic heterocycles. The predicted molar refractivity (Wildman–Crippen MR) is 107 cm³/mol. The first-order chi connectivity index (χ1) is 13.6. The maximum Gasteiger partial charge on any atom is 0.276 e. The Hall–Kier alpha value is -4.00. The average Bonchev–Trinajstić information content (AvgIpc) is 2.73. The highest BCUT2D eigenvalue weighted by Gasteiger charge is 2.15. The van der Waals surface area contributed by atoms with Crippen molar-refractivity contribution in [1.82, 2.24) is 15.1 Å². The monoisotopic (exact) mass is 374 g/mol. The number of rotatable bonds is 6. The van der Waals surface area contributed by atoms with Crippen molar-refractivity contribution in [2.75, 3.05) is 11.9 Å². The molecule has 0 saturated carbocycles. The van der Waals surface area contributed by atoms with Crippen LogP contribution in [0.25, 0.3) is 5.69 Å². The number of benzene rings is 2. The number of anilines is 1. The van der Waals surface area contributed by atoms with Gasteiger partial charge in [0.2, 0.25) is 0 Å². The van der Waals surface area contributed by atoms with Crippen LogP contribution in [0.15, 0.2) is 84.2 Å². The molecule has 0 spiro atoms. The van der Waals surface area contributed by atoms with E-state index in [0.29, 0.717) is 23.5 Å². The lowest BCUT2D eigenvalue weighted by Gasteiger charge is -2.11. The molecule has 28 heavy (non-hydrogen) atoms. The van der Waals surface area contributed by atoms with Gasteiger partial charge in [-0.15, -0.1) is 6.58 Å². The highest BCUT2D eigenvalue weighted by atomic mass is 16.2. The van der Waals surface area contributed by atoms with Gasteiger partial charge in [0.15, 0.2) is 0 Å². The van der Waals surface area contributed by atoms with E-state index in [2.05, 4.69) is 22.3 Å². The van der Waals surface area contributed by atoms with Gasteiger partial charge < -0.3 is 10.6 Å². The van der Waals surface area contributed by atoms with Crippen molar-refractivity contribution in [2.45, 2.75) is 0 Å².